The molecule has 1 atom stereocenters. The zero-order valence-corrected chi connectivity index (χ0v) is 11.0. The molecule has 3 heteroatoms. The van der Waals surface area contributed by atoms with E-state index in [0.29, 0.717) is 0 Å². The van der Waals surface area contributed by atoms with Gasteiger partial charge in [-0.3, -0.25) is 4.79 Å². The van der Waals surface area contributed by atoms with Gasteiger partial charge in [0.2, 0.25) is 6.41 Å². The summed E-state index contributed by atoms with van der Waals surface area (Å²) in [6.07, 6.45) is 5.05. The fraction of sp³-hybridized carbons (Fsp3) is 0.769. The van der Waals surface area contributed by atoms with Gasteiger partial charge >= 0.3 is 0 Å². The highest BCUT2D eigenvalue weighted by atomic mass is 16.1. The summed E-state index contributed by atoms with van der Waals surface area (Å²) < 4.78 is 0. The second kappa shape index (κ2) is 9.25. The number of amides is 1. The van der Waals surface area contributed by atoms with Gasteiger partial charge in [0.15, 0.2) is 0 Å². The molecule has 0 bridgehead atoms. The van der Waals surface area contributed by atoms with Gasteiger partial charge in [0.1, 0.15) is 0 Å². The van der Waals surface area contributed by atoms with Crippen LogP contribution in [0.4, 0.5) is 0 Å². The van der Waals surface area contributed by atoms with E-state index in [1.165, 1.54) is 0 Å². The summed E-state index contributed by atoms with van der Waals surface area (Å²) in [7, 11) is 0. The summed E-state index contributed by atoms with van der Waals surface area (Å²) >= 11 is 0. The van der Waals surface area contributed by atoms with Gasteiger partial charge in [-0.2, -0.15) is 0 Å². The molecule has 0 aliphatic heterocycles. The number of carbonyl (C=O) groups is 1. The molecule has 0 aromatic carbocycles. The number of nitrogens with zero attached hydrogens (tertiary/aromatic N) is 1. The molecule has 0 heterocycles. The lowest BCUT2D eigenvalue weighted by Gasteiger charge is -2.30. The van der Waals surface area contributed by atoms with Crippen LogP contribution in [-0.4, -0.2) is 30.4 Å². The largest absolute Gasteiger partial charge is 0.387 e. The second-order valence-corrected chi connectivity index (χ2v) is 4.10. The molecule has 0 aliphatic rings. The van der Waals surface area contributed by atoms with Crippen molar-refractivity contribution in [1.29, 1.82) is 0 Å². The standard InChI is InChI=1S/C13H26N2O/c1-5-8-13(12(4)14-9-6-2)15(11-16)10-7-3/h11,13-14H,4-10H2,1-3H3. The summed E-state index contributed by atoms with van der Waals surface area (Å²) in [6.45, 7) is 12.1. The highest BCUT2D eigenvalue weighted by molar-refractivity contribution is 5.48. The molecule has 1 unspecified atom stereocenters. The first-order valence-electron chi connectivity index (χ1n) is 6.34. The summed E-state index contributed by atoms with van der Waals surface area (Å²) in [4.78, 5) is 12.9. The summed E-state index contributed by atoms with van der Waals surface area (Å²) in [5, 5.41) is 3.30. The maximum Gasteiger partial charge on any atom is 0.210 e. The molecule has 0 radical (unpaired) electrons. The molecule has 16 heavy (non-hydrogen) atoms. The van der Waals surface area contributed by atoms with Gasteiger partial charge in [-0.1, -0.05) is 33.8 Å². The van der Waals surface area contributed by atoms with Crippen molar-refractivity contribution in [2.75, 3.05) is 13.1 Å². The third-order valence-electron chi connectivity index (χ3n) is 2.58. The van der Waals surface area contributed by atoms with Crippen LogP contribution < -0.4 is 5.32 Å². The number of hydrogen-bond acceptors (Lipinski definition) is 2. The van der Waals surface area contributed by atoms with Gasteiger partial charge in [-0.15, -0.1) is 0 Å². The molecular formula is C13H26N2O. The third kappa shape index (κ3) is 5.19. The van der Waals surface area contributed by atoms with Crippen LogP contribution in [0.1, 0.15) is 46.5 Å². The highest BCUT2D eigenvalue weighted by Crippen LogP contribution is 2.12. The number of rotatable bonds is 10. The Morgan fingerprint density at radius 1 is 1.31 bits per heavy atom. The second-order valence-electron chi connectivity index (χ2n) is 4.10. The molecule has 1 N–H and O–H groups in total. The zero-order valence-electron chi connectivity index (χ0n) is 11.0. The average molecular weight is 226 g/mol. The molecule has 0 saturated heterocycles. The van der Waals surface area contributed by atoms with Gasteiger partial charge in [0, 0.05) is 18.8 Å². The fourth-order valence-electron chi connectivity index (χ4n) is 1.76. The molecule has 0 spiro atoms. The van der Waals surface area contributed by atoms with E-state index in [2.05, 4.69) is 32.7 Å². The van der Waals surface area contributed by atoms with Crippen LogP contribution >= 0.6 is 0 Å². The monoisotopic (exact) mass is 226 g/mol. The number of nitrogens with one attached hydrogen (secondary N) is 1. The van der Waals surface area contributed by atoms with E-state index < -0.39 is 0 Å². The smallest absolute Gasteiger partial charge is 0.210 e. The van der Waals surface area contributed by atoms with Gasteiger partial charge in [0.05, 0.1) is 6.04 Å². The van der Waals surface area contributed by atoms with Crippen molar-refractivity contribution in [2.24, 2.45) is 0 Å². The lowest BCUT2D eigenvalue weighted by atomic mass is 10.1. The van der Waals surface area contributed by atoms with E-state index in [-0.39, 0.29) is 6.04 Å². The molecular weight excluding hydrogens is 200 g/mol. The van der Waals surface area contributed by atoms with E-state index in [1.54, 1.807) is 0 Å². The molecule has 0 rings (SSSR count). The normalized spacial score (nSPS) is 11.9. The van der Waals surface area contributed by atoms with Crippen molar-refractivity contribution in [3.63, 3.8) is 0 Å². The van der Waals surface area contributed by atoms with E-state index >= 15 is 0 Å². The summed E-state index contributed by atoms with van der Waals surface area (Å²) in [5.41, 5.74) is 0.976. The van der Waals surface area contributed by atoms with Crippen molar-refractivity contribution in [2.45, 2.75) is 52.5 Å². The maximum absolute atomic E-state index is 11.0. The fourth-order valence-corrected chi connectivity index (χ4v) is 1.76. The van der Waals surface area contributed by atoms with Gasteiger partial charge in [-0.25, -0.2) is 0 Å². The Kier molecular flexibility index (Phi) is 8.68. The molecule has 0 saturated carbocycles. The van der Waals surface area contributed by atoms with E-state index in [1.807, 2.05) is 4.90 Å². The zero-order chi connectivity index (χ0) is 12.4. The van der Waals surface area contributed by atoms with Crippen molar-refractivity contribution < 1.29 is 4.79 Å². The molecule has 3 nitrogen and oxygen atoms in total. The van der Waals surface area contributed by atoms with Crippen LogP contribution in [-0.2, 0) is 4.79 Å². The van der Waals surface area contributed by atoms with Crippen LogP contribution in [0.5, 0.6) is 0 Å². The highest BCUT2D eigenvalue weighted by Gasteiger charge is 2.18. The van der Waals surface area contributed by atoms with Crippen molar-refractivity contribution in [3.8, 4) is 0 Å². The van der Waals surface area contributed by atoms with E-state index in [9.17, 15) is 4.79 Å². The average Bonchev–Trinajstić information content (AvgIpc) is 2.30. The predicted molar refractivity (Wildman–Crippen MR) is 69.2 cm³/mol. The number of hydrogen-bond donors (Lipinski definition) is 1. The first kappa shape index (κ1) is 15.0. The maximum atomic E-state index is 11.0. The molecule has 0 aliphatic carbocycles. The molecule has 0 fully saturated rings. The van der Waals surface area contributed by atoms with Crippen LogP contribution in [0.25, 0.3) is 0 Å². The van der Waals surface area contributed by atoms with Gasteiger partial charge in [-0.05, 0) is 19.3 Å². The quantitative estimate of drug-likeness (QED) is 0.581. The molecule has 0 aromatic heterocycles. The summed E-state index contributed by atoms with van der Waals surface area (Å²) in [6, 6.07) is 0.147. The Bertz CT molecular complexity index is 204. The molecule has 1 amide bonds. The van der Waals surface area contributed by atoms with Gasteiger partial charge < -0.3 is 10.2 Å². The van der Waals surface area contributed by atoms with Crippen LogP contribution in [0.15, 0.2) is 12.3 Å². The Morgan fingerprint density at radius 2 is 2.00 bits per heavy atom. The summed E-state index contributed by atoms with van der Waals surface area (Å²) in [5.74, 6) is 0. The van der Waals surface area contributed by atoms with E-state index in [4.69, 9.17) is 0 Å². The minimum atomic E-state index is 0.147. The van der Waals surface area contributed by atoms with Crippen molar-refractivity contribution in [3.05, 3.63) is 12.3 Å². The topological polar surface area (TPSA) is 32.3 Å². The molecule has 0 aromatic rings. The van der Waals surface area contributed by atoms with Gasteiger partial charge in [0.25, 0.3) is 0 Å². The van der Waals surface area contributed by atoms with Crippen molar-refractivity contribution in [1.82, 2.24) is 10.2 Å². The lowest BCUT2D eigenvalue weighted by molar-refractivity contribution is -0.119. The van der Waals surface area contributed by atoms with Crippen molar-refractivity contribution >= 4 is 6.41 Å². The number of carbonyl (C=O) groups excluding carboxylic acids is 1. The Morgan fingerprint density at radius 3 is 2.44 bits per heavy atom. The minimum Gasteiger partial charge on any atom is -0.387 e. The first-order chi connectivity index (χ1) is 7.71. The molecule has 94 valence electrons. The van der Waals surface area contributed by atoms with E-state index in [0.717, 1.165) is 50.9 Å². The Balaban J connectivity index is 4.42. The Hall–Kier alpha value is -0.990. The van der Waals surface area contributed by atoms with Crippen LogP contribution in [0, 0.1) is 0 Å². The lowest BCUT2D eigenvalue weighted by Crippen LogP contribution is -2.40. The van der Waals surface area contributed by atoms with Crippen LogP contribution in [0.2, 0.25) is 0 Å². The Labute approximate surface area is 99.9 Å². The third-order valence-corrected chi connectivity index (χ3v) is 2.58. The predicted octanol–water partition coefficient (Wildman–Crippen LogP) is 2.54. The van der Waals surface area contributed by atoms with Crippen LogP contribution in [0.3, 0.4) is 0 Å². The SMILES string of the molecule is C=C(NCCC)C(CCC)N(C=O)CCC. The first-order valence-corrected chi connectivity index (χ1v) is 6.34. The minimum absolute atomic E-state index is 0.147.